The van der Waals surface area contributed by atoms with Crippen LogP contribution < -0.4 is 62.2 Å². The van der Waals surface area contributed by atoms with Gasteiger partial charge in [-0.05, 0) is 156 Å². The van der Waals surface area contributed by atoms with E-state index >= 15 is 0 Å². The molecule has 8 aliphatic heterocycles. The fourth-order valence-electron chi connectivity index (χ4n) is 18.6. The van der Waals surface area contributed by atoms with E-state index in [4.69, 9.17) is 85.0 Å². The quantitative estimate of drug-likeness (QED) is 0.0130. The number of ether oxygens (including phenoxy) is 17. The number of anilines is 4. The van der Waals surface area contributed by atoms with Gasteiger partial charge in [0, 0.05) is 102 Å². The summed E-state index contributed by atoms with van der Waals surface area (Å²) in [5.41, 5.74) is 9.98. The molecule has 8 amide bonds. The molecule has 0 aromatic heterocycles. The standard InChI is InChI=1S/2C29H33BrN2O7.C26H28N2O7.C26H26N2O7/c2*1-5-14-39-29(34)32-23-18-26(38-15-6-12-30)25(36-3)17-22(23)27(33)31-13-11-20(16-24(31)28(32)37-4)19-7-9-21(35-2)10-8-19;2*1-5-12-35-26(31)28-20-15-22(29)23(33-3)14-19(20)24(30)27-11-10-17(13-21(27)25(28)34-4)16-6-8-18(32-2)9-7-16/h5,7-10,16-18,24,28H,1,6,11-15H2,2-4H3;5,7-11,17-18,24,28H,1,6,12-16H2,2-4H3;5-10,14-15,21,25,29H,1,11-13H2,2-4H3;5-10,14-15,21,25H,1-2,11-13H2,3-4H3/p+1/t2*24-,28?;2*21-,25?/m0000/s1. The lowest BCUT2D eigenvalue weighted by molar-refractivity contribution is -0.354. The summed E-state index contributed by atoms with van der Waals surface area (Å²) in [7, 11) is 16.6. The number of fused-ring (bicyclic) bond motifs is 8. The molecule has 2 N–H and O–H groups in total. The zero-order chi connectivity index (χ0) is 106. The number of hydrogen-bond donors (Lipinski definition) is 2. The summed E-state index contributed by atoms with van der Waals surface area (Å²) in [6, 6.07) is 40.5. The zero-order valence-electron chi connectivity index (χ0n) is 84.2. The molecule has 0 bridgehead atoms. The Bertz CT molecular complexity index is 6290. The average Bonchev–Trinajstić information content (AvgIpc) is 1.61. The van der Waals surface area contributed by atoms with E-state index in [1.807, 2.05) is 121 Å². The summed E-state index contributed by atoms with van der Waals surface area (Å²) in [4.78, 5) is 121. The van der Waals surface area contributed by atoms with Crippen LogP contribution in [0.25, 0.3) is 22.3 Å². The molecule has 0 fully saturated rings. The molecular weight excluding hydrogens is 2040 g/mol. The molecule has 0 radical (unpaired) electrons. The molecular formula is C110H121Br2N8O28+. The molecule has 4 unspecified atom stereocenters. The summed E-state index contributed by atoms with van der Waals surface area (Å²) < 4.78 is 99.5. The fourth-order valence-corrected chi connectivity index (χ4v) is 19.1. The van der Waals surface area contributed by atoms with E-state index in [2.05, 4.69) is 65.0 Å². The second kappa shape index (κ2) is 51.8. The number of methoxy groups -OCH3 is 11. The lowest BCUT2D eigenvalue weighted by Gasteiger charge is -2.40. The van der Waals surface area contributed by atoms with Crippen molar-refractivity contribution in [2.24, 2.45) is 0 Å². The Hall–Kier alpha value is -15.1. The molecule has 0 saturated heterocycles. The van der Waals surface area contributed by atoms with E-state index in [-0.39, 0.29) is 95.6 Å². The Labute approximate surface area is 875 Å². The number of alkyl halides is 2. The highest BCUT2D eigenvalue weighted by Gasteiger charge is 2.52. The largest absolute Gasteiger partial charge is 0.504 e. The van der Waals surface area contributed by atoms with Gasteiger partial charge >= 0.3 is 30.1 Å². The van der Waals surface area contributed by atoms with Crippen molar-refractivity contribution in [2.75, 3.05) is 174 Å². The number of rotatable bonds is 32. The fraction of sp³-hybridized carbons (Fsp3) is 0.336. The lowest BCUT2D eigenvalue weighted by atomic mass is 9.92. The summed E-state index contributed by atoms with van der Waals surface area (Å²) in [5, 5.41) is 22.5. The van der Waals surface area contributed by atoms with Gasteiger partial charge in [-0.1, -0.05) is 143 Å². The molecule has 36 nitrogen and oxygen atoms in total. The van der Waals surface area contributed by atoms with Gasteiger partial charge in [0.05, 0.1) is 132 Å². The van der Waals surface area contributed by atoms with Gasteiger partial charge in [-0.2, -0.15) is 0 Å². The van der Waals surface area contributed by atoms with Crippen molar-refractivity contribution in [3.63, 3.8) is 0 Å². The highest BCUT2D eigenvalue weighted by Crippen LogP contribution is 2.50. The van der Waals surface area contributed by atoms with Gasteiger partial charge in [-0.3, -0.25) is 19.2 Å². The molecule has 38 heteroatoms. The van der Waals surface area contributed by atoms with E-state index in [1.165, 1.54) is 125 Å². The number of carbonyl (C=O) groups excluding carboxylic acids is 9. The minimum atomic E-state index is -0.892. The number of benzene rings is 8. The van der Waals surface area contributed by atoms with Crippen molar-refractivity contribution in [1.82, 2.24) is 19.6 Å². The summed E-state index contributed by atoms with van der Waals surface area (Å²) in [5.74, 6) is 3.19. The minimum Gasteiger partial charge on any atom is -0.504 e. The number of amides is 8. The van der Waals surface area contributed by atoms with E-state index in [9.17, 15) is 48.6 Å². The number of aromatic hydroxyl groups is 2. The molecule has 8 aromatic carbocycles. The molecule has 0 spiro atoms. The molecule has 8 heterocycles. The molecule has 782 valence electrons. The molecule has 16 rings (SSSR count). The Balaban J connectivity index is 0.000000165. The van der Waals surface area contributed by atoms with Gasteiger partial charge in [0.2, 0.25) is 0 Å². The molecule has 0 aliphatic carbocycles. The number of carbonyl (C=O) groups is 8. The second-order valence-electron chi connectivity index (χ2n) is 34.0. The first-order chi connectivity index (χ1) is 71.8. The number of phenolic OH excluding ortho intramolecular Hbond substituents is 2. The van der Waals surface area contributed by atoms with Crippen molar-refractivity contribution in [1.29, 1.82) is 0 Å². The van der Waals surface area contributed by atoms with Crippen molar-refractivity contribution in [2.45, 2.75) is 87.6 Å². The Kier molecular flexibility index (Phi) is 38.5. The maximum Gasteiger partial charge on any atom is 0.416 e. The molecule has 8 aromatic rings. The third kappa shape index (κ3) is 24.1. The maximum absolute atomic E-state index is 14.0. The molecule has 0 saturated carbocycles. The number of nitrogens with zero attached hydrogens (tertiary/aromatic N) is 8. The predicted molar refractivity (Wildman–Crippen MR) is 564 cm³/mol. The van der Waals surface area contributed by atoms with Gasteiger partial charge in [0.1, 0.15) is 43.7 Å². The van der Waals surface area contributed by atoms with Gasteiger partial charge < -0.3 is 110 Å². The normalized spacial score (nSPS) is 18.7. The van der Waals surface area contributed by atoms with E-state index in [0.29, 0.717) is 116 Å². The third-order valence-corrected chi connectivity index (χ3v) is 26.9. The Morgan fingerprint density at radius 2 is 0.662 bits per heavy atom. The SMILES string of the molecule is C=CCOC(=O)N1c2cc(O)c(OC)cc2C(=O)N2CC=C(c3ccc(OC)cc3)C[C@H]2C1OC.C=CCOC(=O)N1c2cc(O)c(OC)cc2C(=O)N2CC=C(c3ccc([O+]=C)cc3)C[C@H]2C1OC.C=CCOC(=O)N1c2cc(OCCCBr)c(OC)cc2C(=O)N2CC=C(c3ccc(OC)cc3)C[C@H]2C1OC.C=CCOC(=O)N1c2cc(OCCCBr)c(OC)cc2C(=O)N2CCC(c3ccc(OC)cc3)=C[C@H]2C1OC. The van der Waals surface area contributed by atoms with Crippen LogP contribution in [0.5, 0.6) is 69.0 Å². The van der Waals surface area contributed by atoms with Gasteiger partial charge in [-0.25, -0.2) is 43.2 Å². The number of hydrogen-bond acceptors (Lipinski definition) is 27. The summed E-state index contributed by atoms with van der Waals surface area (Å²) in [6.45, 7) is 20.1. The molecule has 8 atom stereocenters. The van der Waals surface area contributed by atoms with Crippen LogP contribution in [0, 0.1) is 0 Å². The first kappa shape index (κ1) is 110. The van der Waals surface area contributed by atoms with Crippen LogP contribution in [-0.2, 0) is 42.3 Å². The second-order valence-corrected chi connectivity index (χ2v) is 35.6. The first-order valence-corrected chi connectivity index (χ1v) is 49.5. The van der Waals surface area contributed by atoms with Gasteiger partial charge in [0.15, 0.2) is 70.9 Å². The van der Waals surface area contributed by atoms with E-state index in [0.717, 1.165) is 85.3 Å². The van der Waals surface area contributed by atoms with Crippen LogP contribution in [0.3, 0.4) is 0 Å². The van der Waals surface area contributed by atoms with Gasteiger partial charge in [0.25, 0.3) is 30.4 Å². The smallest absolute Gasteiger partial charge is 0.416 e. The topological polar surface area (TPSA) is 371 Å². The first-order valence-electron chi connectivity index (χ1n) is 47.3. The maximum atomic E-state index is 14.0. The molecule has 8 aliphatic rings. The van der Waals surface area contributed by atoms with Crippen molar-refractivity contribution in [3.05, 3.63) is 265 Å². The summed E-state index contributed by atoms with van der Waals surface area (Å²) >= 11 is 6.81. The molecule has 148 heavy (non-hydrogen) atoms. The van der Waals surface area contributed by atoms with Crippen LogP contribution in [-0.4, -0.2) is 288 Å². The number of halogens is 2. The van der Waals surface area contributed by atoms with Crippen molar-refractivity contribution < 1.29 is 134 Å². The monoisotopic (exact) mass is 2160 g/mol. The minimum absolute atomic E-state index is 0.00112. The lowest BCUT2D eigenvalue weighted by Crippen LogP contribution is -2.55. The van der Waals surface area contributed by atoms with Crippen LogP contribution >= 0.6 is 31.9 Å². The highest BCUT2D eigenvalue weighted by atomic mass is 79.9. The van der Waals surface area contributed by atoms with E-state index in [1.54, 1.807) is 65.2 Å². The Morgan fingerprint density at radius 3 is 0.953 bits per heavy atom. The van der Waals surface area contributed by atoms with Crippen molar-refractivity contribution in [3.8, 4) is 69.0 Å². The van der Waals surface area contributed by atoms with E-state index < -0.39 is 73.5 Å². The number of phenols is 2. The summed E-state index contributed by atoms with van der Waals surface area (Å²) in [6.07, 6.45) is 11.1. The predicted octanol–water partition coefficient (Wildman–Crippen LogP) is 18.3. The van der Waals surface area contributed by atoms with Crippen LogP contribution in [0.1, 0.15) is 102 Å². The van der Waals surface area contributed by atoms with Gasteiger partial charge in [-0.15, -0.1) is 0 Å². The highest BCUT2D eigenvalue weighted by molar-refractivity contribution is 9.09. The zero-order valence-corrected chi connectivity index (χ0v) is 87.4. The van der Waals surface area contributed by atoms with Crippen LogP contribution in [0.2, 0.25) is 0 Å². The average molecular weight is 2160 g/mol. The Morgan fingerprint density at radius 1 is 0.372 bits per heavy atom. The van der Waals surface area contributed by atoms with Crippen LogP contribution in [0.15, 0.2) is 221 Å². The van der Waals surface area contributed by atoms with Crippen molar-refractivity contribution >= 4 is 132 Å². The third-order valence-electron chi connectivity index (χ3n) is 25.8. The van der Waals surface area contributed by atoms with Crippen LogP contribution in [0.4, 0.5) is 41.9 Å².